The molecule has 0 amide bonds. The van der Waals surface area contributed by atoms with Gasteiger partial charge >= 0.3 is 0 Å². The Bertz CT molecular complexity index is 382. The van der Waals surface area contributed by atoms with Gasteiger partial charge < -0.3 is 10.6 Å². The summed E-state index contributed by atoms with van der Waals surface area (Å²) in [5.41, 5.74) is 1.35. The molecule has 1 saturated carbocycles. The third-order valence-corrected chi connectivity index (χ3v) is 3.15. The van der Waals surface area contributed by atoms with E-state index in [1.807, 2.05) is 0 Å². The molecule has 1 aliphatic rings. The highest BCUT2D eigenvalue weighted by Crippen LogP contribution is 2.18. The molecule has 0 aromatic heterocycles. The standard InChI is InChI=1S/C15H23N3/c1-3-16-15(18-14-9-10-14)17-11-12(2)13-7-5-4-6-8-13/h4-8,12,14H,3,9-11H2,1-2H3,(H2,16,17,18). The van der Waals surface area contributed by atoms with Crippen LogP contribution in [0.25, 0.3) is 0 Å². The molecule has 98 valence electrons. The van der Waals surface area contributed by atoms with Gasteiger partial charge in [-0.25, -0.2) is 0 Å². The molecule has 1 fully saturated rings. The highest BCUT2D eigenvalue weighted by molar-refractivity contribution is 5.80. The fourth-order valence-electron chi connectivity index (χ4n) is 1.86. The van der Waals surface area contributed by atoms with Gasteiger partial charge in [-0.3, -0.25) is 4.99 Å². The van der Waals surface area contributed by atoms with Crippen molar-refractivity contribution in [3.8, 4) is 0 Å². The Morgan fingerprint density at radius 1 is 1.33 bits per heavy atom. The van der Waals surface area contributed by atoms with Crippen LogP contribution in [0, 0.1) is 0 Å². The predicted molar refractivity (Wildman–Crippen MR) is 77.0 cm³/mol. The number of guanidine groups is 1. The van der Waals surface area contributed by atoms with E-state index in [2.05, 4.69) is 59.8 Å². The summed E-state index contributed by atoms with van der Waals surface area (Å²) in [5, 5.41) is 6.74. The first-order chi connectivity index (χ1) is 8.79. The molecule has 1 aromatic rings. The lowest BCUT2D eigenvalue weighted by Gasteiger charge is -2.13. The Morgan fingerprint density at radius 2 is 2.06 bits per heavy atom. The van der Waals surface area contributed by atoms with Crippen molar-refractivity contribution in [2.75, 3.05) is 13.1 Å². The summed E-state index contributed by atoms with van der Waals surface area (Å²) >= 11 is 0. The van der Waals surface area contributed by atoms with Gasteiger partial charge in [0.1, 0.15) is 0 Å². The van der Waals surface area contributed by atoms with Crippen LogP contribution in [0.2, 0.25) is 0 Å². The van der Waals surface area contributed by atoms with Crippen LogP contribution in [0.15, 0.2) is 35.3 Å². The fourth-order valence-corrected chi connectivity index (χ4v) is 1.86. The number of hydrogen-bond donors (Lipinski definition) is 2. The first-order valence-electron chi connectivity index (χ1n) is 6.89. The Hall–Kier alpha value is -1.51. The first kappa shape index (κ1) is 12.9. The molecule has 1 atom stereocenters. The zero-order valence-electron chi connectivity index (χ0n) is 11.3. The van der Waals surface area contributed by atoms with Crippen LogP contribution >= 0.6 is 0 Å². The van der Waals surface area contributed by atoms with E-state index in [4.69, 9.17) is 0 Å². The minimum absolute atomic E-state index is 0.459. The Morgan fingerprint density at radius 3 is 2.67 bits per heavy atom. The van der Waals surface area contributed by atoms with Crippen molar-refractivity contribution in [3.05, 3.63) is 35.9 Å². The van der Waals surface area contributed by atoms with Crippen molar-refractivity contribution in [3.63, 3.8) is 0 Å². The summed E-state index contributed by atoms with van der Waals surface area (Å²) in [6.07, 6.45) is 2.55. The van der Waals surface area contributed by atoms with E-state index in [0.717, 1.165) is 19.0 Å². The van der Waals surface area contributed by atoms with Crippen LogP contribution in [0.3, 0.4) is 0 Å². The topological polar surface area (TPSA) is 36.4 Å². The average molecular weight is 245 g/mol. The summed E-state index contributed by atoms with van der Waals surface area (Å²) < 4.78 is 0. The summed E-state index contributed by atoms with van der Waals surface area (Å²) in [6, 6.07) is 11.2. The molecule has 0 heterocycles. The molecule has 0 spiro atoms. The average Bonchev–Trinajstić information content (AvgIpc) is 3.21. The molecule has 2 rings (SSSR count). The van der Waals surface area contributed by atoms with Gasteiger partial charge in [0.15, 0.2) is 5.96 Å². The van der Waals surface area contributed by atoms with Crippen molar-refractivity contribution in [1.29, 1.82) is 0 Å². The minimum Gasteiger partial charge on any atom is -0.357 e. The minimum atomic E-state index is 0.459. The predicted octanol–water partition coefficient (Wildman–Crippen LogP) is 2.51. The molecular weight excluding hydrogens is 222 g/mol. The number of hydrogen-bond acceptors (Lipinski definition) is 1. The lowest BCUT2D eigenvalue weighted by atomic mass is 10.0. The Labute approximate surface area is 110 Å². The van der Waals surface area contributed by atoms with Crippen LogP contribution in [0.5, 0.6) is 0 Å². The fraction of sp³-hybridized carbons (Fsp3) is 0.533. The van der Waals surface area contributed by atoms with Gasteiger partial charge in [-0.05, 0) is 25.3 Å². The van der Waals surface area contributed by atoms with Crippen LogP contribution in [-0.4, -0.2) is 25.1 Å². The monoisotopic (exact) mass is 245 g/mol. The van der Waals surface area contributed by atoms with Gasteiger partial charge in [-0.2, -0.15) is 0 Å². The highest BCUT2D eigenvalue weighted by Gasteiger charge is 2.22. The van der Waals surface area contributed by atoms with E-state index < -0.39 is 0 Å². The van der Waals surface area contributed by atoms with E-state index in [0.29, 0.717) is 12.0 Å². The second kappa shape index (κ2) is 6.43. The lowest BCUT2D eigenvalue weighted by molar-refractivity contribution is 0.747. The van der Waals surface area contributed by atoms with E-state index >= 15 is 0 Å². The number of nitrogens with one attached hydrogen (secondary N) is 2. The Balaban J connectivity index is 1.89. The van der Waals surface area contributed by atoms with Crippen molar-refractivity contribution in [1.82, 2.24) is 10.6 Å². The zero-order valence-corrected chi connectivity index (χ0v) is 11.3. The third kappa shape index (κ3) is 4.06. The molecule has 2 N–H and O–H groups in total. The zero-order chi connectivity index (χ0) is 12.8. The maximum Gasteiger partial charge on any atom is 0.191 e. The van der Waals surface area contributed by atoms with E-state index in [1.165, 1.54) is 18.4 Å². The second-order valence-electron chi connectivity index (χ2n) is 4.95. The van der Waals surface area contributed by atoms with E-state index in [-0.39, 0.29) is 0 Å². The smallest absolute Gasteiger partial charge is 0.191 e. The molecular formula is C15H23N3. The molecule has 0 aliphatic heterocycles. The van der Waals surface area contributed by atoms with Crippen LogP contribution in [0.1, 0.15) is 38.2 Å². The third-order valence-electron chi connectivity index (χ3n) is 3.15. The molecule has 1 unspecified atom stereocenters. The summed E-state index contributed by atoms with van der Waals surface area (Å²) in [5.74, 6) is 1.42. The van der Waals surface area contributed by atoms with E-state index in [1.54, 1.807) is 0 Å². The van der Waals surface area contributed by atoms with Gasteiger partial charge in [-0.15, -0.1) is 0 Å². The van der Waals surface area contributed by atoms with Crippen molar-refractivity contribution in [2.45, 2.75) is 38.6 Å². The largest absolute Gasteiger partial charge is 0.357 e. The second-order valence-corrected chi connectivity index (χ2v) is 4.95. The van der Waals surface area contributed by atoms with Gasteiger partial charge in [0.05, 0.1) is 0 Å². The molecule has 1 aromatic carbocycles. The number of aliphatic imine (C=N–C) groups is 1. The van der Waals surface area contributed by atoms with Crippen LogP contribution < -0.4 is 10.6 Å². The number of nitrogens with zero attached hydrogens (tertiary/aromatic N) is 1. The van der Waals surface area contributed by atoms with Gasteiger partial charge in [0.25, 0.3) is 0 Å². The van der Waals surface area contributed by atoms with Gasteiger partial charge in [0, 0.05) is 25.0 Å². The number of rotatable bonds is 5. The summed E-state index contributed by atoms with van der Waals surface area (Å²) in [6.45, 7) is 6.06. The number of benzene rings is 1. The van der Waals surface area contributed by atoms with Gasteiger partial charge in [0.2, 0.25) is 0 Å². The molecule has 0 radical (unpaired) electrons. The molecule has 0 bridgehead atoms. The maximum absolute atomic E-state index is 4.66. The SMILES string of the molecule is CCNC(=NCC(C)c1ccccc1)NC1CC1. The van der Waals surface area contributed by atoms with Gasteiger partial charge in [-0.1, -0.05) is 37.3 Å². The quantitative estimate of drug-likeness (QED) is 0.618. The normalized spacial score (nSPS) is 17.3. The first-order valence-corrected chi connectivity index (χ1v) is 6.89. The molecule has 0 saturated heterocycles. The maximum atomic E-state index is 4.66. The summed E-state index contributed by atoms with van der Waals surface area (Å²) in [7, 11) is 0. The molecule has 3 nitrogen and oxygen atoms in total. The van der Waals surface area contributed by atoms with Crippen LogP contribution in [0.4, 0.5) is 0 Å². The van der Waals surface area contributed by atoms with Crippen molar-refractivity contribution in [2.24, 2.45) is 4.99 Å². The molecule has 3 heteroatoms. The van der Waals surface area contributed by atoms with Crippen molar-refractivity contribution >= 4 is 5.96 Å². The van der Waals surface area contributed by atoms with Crippen molar-refractivity contribution < 1.29 is 0 Å². The van der Waals surface area contributed by atoms with Crippen LogP contribution in [-0.2, 0) is 0 Å². The molecule has 1 aliphatic carbocycles. The molecule has 18 heavy (non-hydrogen) atoms. The highest BCUT2D eigenvalue weighted by atomic mass is 15.2. The lowest BCUT2D eigenvalue weighted by Crippen LogP contribution is -2.38. The Kier molecular flexibility index (Phi) is 4.62. The summed E-state index contributed by atoms with van der Waals surface area (Å²) in [4.78, 5) is 4.66. The van der Waals surface area contributed by atoms with E-state index in [9.17, 15) is 0 Å².